The Labute approximate surface area is 140 Å². The van der Waals surface area contributed by atoms with Gasteiger partial charge in [0.15, 0.2) is 0 Å². The van der Waals surface area contributed by atoms with E-state index >= 15 is 0 Å². The summed E-state index contributed by atoms with van der Waals surface area (Å²) in [5.74, 6) is 0.430. The first kappa shape index (κ1) is 16.3. The number of rotatable bonds is 4. The normalized spacial score (nSPS) is 19.5. The Morgan fingerprint density at radius 2 is 1.96 bits per heavy atom. The fraction of sp³-hybridized carbons (Fsp3) is 0.353. The van der Waals surface area contributed by atoms with E-state index in [2.05, 4.69) is 31.8 Å². The summed E-state index contributed by atoms with van der Waals surface area (Å²) in [6, 6.07) is 8.05. The average molecular weight is 329 g/mol. The second-order valence-electron chi connectivity index (χ2n) is 5.87. The number of oxime groups is 1. The molecule has 1 saturated heterocycles. The smallest absolute Gasteiger partial charge is 0.225 e. The molecule has 0 amide bonds. The van der Waals surface area contributed by atoms with Gasteiger partial charge in [-0.15, -0.1) is 0 Å². The Kier molecular flexibility index (Phi) is 5.00. The van der Waals surface area contributed by atoms with Crippen LogP contribution in [0.4, 0.5) is 10.3 Å². The molecule has 0 saturated carbocycles. The molecule has 1 N–H and O–H groups in total. The van der Waals surface area contributed by atoms with E-state index in [1.165, 1.54) is 12.1 Å². The molecule has 126 valence electrons. The van der Waals surface area contributed by atoms with Gasteiger partial charge in [0.25, 0.3) is 0 Å². The van der Waals surface area contributed by atoms with Crippen molar-refractivity contribution in [2.45, 2.75) is 13.0 Å². The van der Waals surface area contributed by atoms with Gasteiger partial charge in [-0.05, 0) is 25.1 Å². The van der Waals surface area contributed by atoms with E-state index in [4.69, 9.17) is 0 Å². The second kappa shape index (κ2) is 7.35. The molecule has 0 unspecified atom stereocenters. The molecule has 0 bridgehead atoms. The molecule has 0 spiro atoms. The summed E-state index contributed by atoms with van der Waals surface area (Å²) in [6.45, 7) is 5.03. The van der Waals surface area contributed by atoms with Gasteiger partial charge in [-0.2, -0.15) is 0 Å². The number of anilines is 1. The highest BCUT2D eigenvalue weighted by Crippen LogP contribution is 2.15. The second-order valence-corrected chi connectivity index (χ2v) is 5.87. The van der Waals surface area contributed by atoms with Crippen molar-refractivity contribution >= 4 is 11.7 Å². The van der Waals surface area contributed by atoms with Gasteiger partial charge in [0.05, 0.1) is 0 Å². The van der Waals surface area contributed by atoms with Gasteiger partial charge < -0.3 is 10.1 Å². The van der Waals surface area contributed by atoms with Crippen LogP contribution in [0.15, 0.2) is 47.9 Å². The van der Waals surface area contributed by atoms with E-state index in [9.17, 15) is 9.60 Å². The fourth-order valence-corrected chi connectivity index (χ4v) is 2.88. The maximum Gasteiger partial charge on any atom is 0.225 e. The molecule has 6 nitrogen and oxygen atoms in total. The highest BCUT2D eigenvalue weighted by molar-refractivity contribution is 6.01. The minimum Gasteiger partial charge on any atom is -0.411 e. The molecule has 24 heavy (non-hydrogen) atoms. The molecule has 3 rings (SSSR count). The number of hydrogen-bond acceptors (Lipinski definition) is 6. The molecule has 1 aromatic heterocycles. The Balaban J connectivity index is 1.65. The van der Waals surface area contributed by atoms with Crippen LogP contribution in [0, 0.1) is 5.82 Å². The highest BCUT2D eigenvalue weighted by Gasteiger charge is 2.26. The zero-order chi connectivity index (χ0) is 16.9. The van der Waals surface area contributed by atoms with Crippen molar-refractivity contribution in [2.24, 2.45) is 5.16 Å². The first-order valence-corrected chi connectivity index (χ1v) is 7.90. The van der Waals surface area contributed by atoms with Crippen molar-refractivity contribution in [1.29, 1.82) is 0 Å². The van der Waals surface area contributed by atoms with Crippen molar-refractivity contribution in [3.63, 3.8) is 0 Å². The summed E-state index contributed by atoms with van der Waals surface area (Å²) in [5.41, 5.74) is 1.26. The zero-order valence-corrected chi connectivity index (χ0v) is 13.5. The molecule has 1 aromatic carbocycles. The summed E-state index contributed by atoms with van der Waals surface area (Å²) < 4.78 is 13.0. The molecule has 7 heteroatoms. The van der Waals surface area contributed by atoms with Crippen molar-refractivity contribution < 1.29 is 9.60 Å². The van der Waals surface area contributed by atoms with Gasteiger partial charge in [0, 0.05) is 50.2 Å². The topological polar surface area (TPSA) is 64.9 Å². The van der Waals surface area contributed by atoms with E-state index in [-0.39, 0.29) is 11.9 Å². The van der Waals surface area contributed by atoms with E-state index in [0.29, 0.717) is 12.3 Å². The van der Waals surface area contributed by atoms with Crippen molar-refractivity contribution in [1.82, 2.24) is 14.9 Å². The lowest BCUT2D eigenvalue weighted by Crippen LogP contribution is -2.53. The van der Waals surface area contributed by atoms with Gasteiger partial charge in [0.2, 0.25) is 5.95 Å². The van der Waals surface area contributed by atoms with Gasteiger partial charge in [-0.3, -0.25) is 4.90 Å². The quantitative estimate of drug-likeness (QED) is 0.528. The van der Waals surface area contributed by atoms with E-state index in [1.807, 2.05) is 0 Å². The van der Waals surface area contributed by atoms with Crippen LogP contribution in [0.2, 0.25) is 0 Å². The lowest BCUT2D eigenvalue weighted by molar-refractivity contribution is 0.212. The molecular weight excluding hydrogens is 309 g/mol. The summed E-state index contributed by atoms with van der Waals surface area (Å²) in [7, 11) is 0. The molecule has 1 fully saturated rings. The third-order valence-electron chi connectivity index (χ3n) is 4.25. The van der Waals surface area contributed by atoms with E-state index < -0.39 is 0 Å². The molecule has 2 aromatic rings. The Morgan fingerprint density at radius 3 is 2.58 bits per heavy atom. The molecule has 0 radical (unpaired) electrons. The molecule has 1 aliphatic rings. The number of piperazine rings is 1. The van der Waals surface area contributed by atoms with Crippen LogP contribution >= 0.6 is 0 Å². The van der Waals surface area contributed by atoms with Crippen LogP contribution in [-0.4, -0.2) is 58.0 Å². The first-order valence-electron chi connectivity index (χ1n) is 7.90. The standard InChI is InChI=1S/C17H20FN5O/c1-13-11-23(17-19-7-2-8-20-17)10-9-22(13)12-16(21-24)14-3-5-15(18)6-4-14/h2-8,13,24H,9-12H2,1H3/b21-16-/t13-/m0/s1. The Bertz CT molecular complexity index is 692. The van der Waals surface area contributed by atoms with Gasteiger partial charge in [-0.25, -0.2) is 14.4 Å². The maximum absolute atomic E-state index is 13.0. The van der Waals surface area contributed by atoms with Crippen LogP contribution in [-0.2, 0) is 0 Å². The number of hydrogen-bond donors (Lipinski definition) is 1. The third kappa shape index (κ3) is 3.68. The predicted octanol–water partition coefficient (Wildman–Crippen LogP) is 2.00. The number of benzene rings is 1. The minimum atomic E-state index is -0.305. The maximum atomic E-state index is 13.0. The third-order valence-corrected chi connectivity index (χ3v) is 4.25. The summed E-state index contributed by atoms with van der Waals surface area (Å²) in [5, 5.41) is 12.7. The minimum absolute atomic E-state index is 0.250. The van der Waals surface area contributed by atoms with E-state index in [1.54, 1.807) is 30.6 Å². The largest absolute Gasteiger partial charge is 0.411 e. The number of nitrogens with zero attached hydrogens (tertiary/aromatic N) is 5. The Morgan fingerprint density at radius 1 is 1.25 bits per heavy atom. The van der Waals surface area contributed by atoms with Crippen molar-refractivity contribution in [3.05, 3.63) is 54.1 Å². The summed E-state index contributed by atoms with van der Waals surface area (Å²) >= 11 is 0. The van der Waals surface area contributed by atoms with Gasteiger partial charge in [-0.1, -0.05) is 17.3 Å². The highest BCUT2D eigenvalue weighted by atomic mass is 19.1. The molecule has 1 aliphatic heterocycles. The van der Waals surface area contributed by atoms with Crippen LogP contribution < -0.4 is 4.90 Å². The van der Waals surface area contributed by atoms with E-state index in [0.717, 1.165) is 31.1 Å². The molecule has 0 aliphatic carbocycles. The monoisotopic (exact) mass is 329 g/mol. The molecular formula is C17H20FN5O. The lowest BCUT2D eigenvalue weighted by atomic mass is 10.1. The summed E-state index contributed by atoms with van der Waals surface area (Å²) in [6.07, 6.45) is 3.48. The van der Waals surface area contributed by atoms with Gasteiger partial charge >= 0.3 is 0 Å². The first-order chi connectivity index (χ1) is 11.7. The fourth-order valence-electron chi connectivity index (χ4n) is 2.88. The van der Waals surface area contributed by atoms with Crippen LogP contribution in [0.1, 0.15) is 12.5 Å². The number of aromatic nitrogens is 2. The van der Waals surface area contributed by atoms with Crippen LogP contribution in [0.5, 0.6) is 0 Å². The van der Waals surface area contributed by atoms with Crippen LogP contribution in [0.3, 0.4) is 0 Å². The van der Waals surface area contributed by atoms with Crippen molar-refractivity contribution in [3.8, 4) is 0 Å². The predicted molar refractivity (Wildman–Crippen MR) is 90.0 cm³/mol. The lowest BCUT2D eigenvalue weighted by Gasteiger charge is -2.39. The van der Waals surface area contributed by atoms with Crippen molar-refractivity contribution in [2.75, 3.05) is 31.1 Å². The van der Waals surface area contributed by atoms with Crippen LogP contribution in [0.25, 0.3) is 0 Å². The Hall–Kier alpha value is -2.54. The average Bonchev–Trinajstić information content (AvgIpc) is 2.62. The molecule has 1 atom stereocenters. The van der Waals surface area contributed by atoms with Gasteiger partial charge in [0.1, 0.15) is 11.5 Å². The molecule has 2 heterocycles. The zero-order valence-electron chi connectivity index (χ0n) is 13.5. The summed E-state index contributed by atoms with van der Waals surface area (Å²) in [4.78, 5) is 13.0. The number of halogens is 1. The SMILES string of the molecule is C[C@H]1CN(c2ncccn2)CCN1C/C(=N/O)c1ccc(F)cc1.